The van der Waals surface area contributed by atoms with E-state index in [2.05, 4.69) is 30.5 Å². The van der Waals surface area contributed by atoms with Gasteiger partial charge in [0.15, 0.2) is 0 Å². The van der Waals surface area contributed by atoms with E-state index >= 15 is 0 Å². The zero-order chi connectivity index (χ0) is 39.7. The van der Waals surface area contributed by atoms with E-state index in [9.17, 15) is 14.7 Å². The third-order valence-corrected chi connectivity index (χ3v) is 10.6. The maximum absolute atomic E-state index is 12.6. The summed E-state index contributed by atoms with van der Waals surface area (Å²) >= 11 is 2.76. The molecule has 0 bridgehead atoms. The standard InChI is InChI=1S/C25H24N4O3S.C19H13N3O2S/c30-25(22-16-33-17-26-22)28-21-6-3-4-18-8-9-20(27-24(18)21)19-5-1-2-7-23(19)32-15-12-29-10-13-31-14-11-29;23-17-7-2-1-5-13(17)14-9-8-12-4-3-6-15(18(12)21-14)22-19(24)16-10-25-11-20-16/h1-9,16-17H,10-15H2,(H,28,30);1-11,23H,(H,22,24). The Morgan fingerprint density at radius 1 is 0.672 bits per heavy atom. The van der Waals surface area contributed by atoms with Crippen LogP contribution in [-0.2, 0) is 4.74 Å². The van der Waals surface area contributed by atoms with Gasteiger partial charge in [0.1, 0.15) is 29.5 Å². The second kappa shape index (κ2) is 18.1. The maximum Gasteiger partial charge on any atom is 0.275 e. The fourth-order valence-electron chi connectivity index (χ4n) is 6.42. The highest BCUT2D eigenvalue weighted by Crippen LogP contribution is 2.33. The number of benzene rings is 4. The molecule has 1 saturated heterocycles. The monoisotopic (exact) mass is 807 g/mol. The number of phenols is 1. The number of phenolic OH excluding ortho intramolecular Hbond substituents is 1. The first-order chi connectivity index (χ1) is 28.5. The average Bonchev–Trinajstić information content (AvgIpc) is 4.02. The number of nitrogens with one attached hydrogen (secondary N) is 2. The van der Waals surface area contributed by atoms with Gasteiger partial charge in [-0.2, -0.15) is 0 Å². The minimum absolute atomic E-state index is 0.165. The Balaban J connectivity index is 0.000000168. The van der Waals surface area contributed by atoms with Gasteiger partial charge in [-0.05, 0) is 48.5 Å². The molecule has 1 aliphatic heterocycles. The maximum atomic E-state index is 12.6. The van der Waals surface area contributed by atoms with Crippen molar-refractivity contribution in [3.8, 4) is 34.0 Å². The molecule has 0 unspecified atom stereocenters. The van der Waals surface area contributed by atoms with Crippen molar-refractivity contribution < 1.29 is 24.2 Å². The number of aromatic hydroxyl groups is 1. The van der Waals surface area contributed by atoms with Gasteiger partial charge >= 0.3 is 0 Å². The summed E-state index contributed by atoms with van der Waals surface area (Å²) in [4.78, 5) is 44.8. The zero-order valence-electron chi connectivity index (χ0n) is 31.1. The Hall–Kier alpha value is -6.58. The van der Waals surface area contributed by atoms with Crippen LogP contribution in [0.3, 0.4) is 0 Å². The van der Waals surface area contributed by atoms with E-state index < -0.39 is 0 Å². The molecule has 12 nitrogen and oxygen atoms in total. The number of anilines is 2. The number of amides is 2. The lowest BCUT2D eigenvalue weighted by Crippen LogP contribution is -2.38. The number of nitrogens with zero attached hydrogens (tertiary/aromatic N) is 5. The first-order valence-electron chi connectivity index (χ1n) is 18.5. The number of fused-ring (bicyclic) bond motifs is 2. The molecule has 290 valence electrons. The van der Waals surface area contributed by atoms with Gasteiger partial charge in [-0.3, -0.25) is 14.5 Å². The van der Waals surface area contributed by atoms with Crippen molar-refractivity contribution in [3.05, 3.63) is 142 Å². The molecule has 0 saturated carbocycles. The van der Waals surface area contributed by atoms with Crippen LogP contribution in [0.15, 0.2) is 131 Å². The highest BCUT2D eigenvalue weighted by molar-refractivity contribution is 7.08. The molecular weight excluding hydrogens is 771 g/mol. The second-order valence-electron chi connectivity index (χ2n) is 13.1. The molecule has 0 spiro atoms. The number of hydrogen-bond acceptors (Lipinski definition) is 12. The summed E-state index contributed by atoms with van der Waals surface area (Å²) in [5.41, 5.74) is 9.66. The van der Waals surface area contributed by atoms with Crippen molar-refractivity contribution in [2.45, 2.75) is 0 Å². The number of carbonyl (C=O) groups is 2. The van der Waals surface area contributed by atoms with Crippen LogP contribution in [0.4, 0.5) is 11.4 Å². The quantitative estimate of drug-likeness (QED) is 0.123. The molecule has 4 aromatic heterocycles. The van der Waals surface area contributed by atoms with Crippen molar-refractivity contribution in [1.82, 2.24) is 24.8 Å². The molecular formula is C44H37N7O5S2. The minimum atomic E-state index is -0.275. The van der Waals surface area contributed by atoms with E-state index in [1.54, 1.807) is 46.0 Å². The SMILES string of the molecule is O=C(Nc1cccc2ccc(-c3ccccc3O)nc12)c1cscn1.O=C(Nc1cccc2ccc(-c3ccccc3OCCN3CCOCC3)nc12)c1cscn1. The zero-order valence-corrected chi connectivity index (χ0v) is 32.7. The predicted molar refractivity (Wildman–Crippen MR) is 229 cm³/mol. The highest BCUT2D eigenvalue weighted by Gasteiger charge is 2.16. The van der Waals surface area contributed by atoms with Crippen LogP contribution in [0.25, 0.3) is 44.3 Å². The Labute approximate surface area is 341 Å². The summed E-state index contributed by atoms with van der Waals surface area (Å²) < 4.78 is 11.6. The van der Waals surface area contributed by atoms with Gasteiger partial charge in [0, 0.05) is 52.3 Å². The van der Waals surface area contributed by atoms with Crippen LogP contribution in [0.2, 0.25) is 0 Å². The number of thiazole rings is 2. The second-order valence-corrected chi connectivity index (χ2v) is 14.6. The van der Waals surface area contributed by atoms with E-state index in [-0.39, 0.29) is 17.6 Å². The van der Waals surface area contributed by atoms with Crippen LogP contribution < -0.4 is 15.4 Å². The summed E-state index contributed by atoms with van der Waals surface area (Å²) in [5.74, 6) is 0.436. The van der Waals surface area contributed by atoms with Crippen molar-refractivity contribution in [2.24, 2.45) is 0 Å². The summed E-state index contributed by atoms with van der Waals surface area (Å²) in [5, 5.41) is 21.1. The predicted octanol–water partition coefficient (Wildman–Crippen LogP) is 8.64. The number of ether oxygens (including phenoxy) is 2. The molecule has 0 radical (unpaired) electrons. The molecule has 4 aromatic carbocycles. The van der Waals surface area contributed by atoms with Gasteiger partial charge < -0.3 is 25.2 Å². The first kappa shape index (κ1) is 38.3. The molecule has 3 N–H and O–H groups in total. The number of para-hydroxylation sites is 4. The molecule has 14 heteroatoms. The number of pyridine rings is 2. The minimum Gasteiger partial charge on any atom is -0.507 e. The number of carbonyl (C=O) groups excluding carboxylic acids is 2. The highest BCUT2D eigenvalue weighted by atomic mass is 32.1. The van der Waals surface area contributed by atoms with Crippen LogP contribution in [-0.4, -0.2) is 81.2 Å². The van der Waals surface area contributed by atoms with Gasteiger partial charge in [0.25, 0.3) is 11.8 Å². The van der Waals surface area contributed by atoms with E-state index in [0.717, 1.165) is 66.1 Å². The van der Waals surface area contributed by atoms with E-state index in [1.807, 2.05) is 84.9 Å². The molecule has 2 amide bonds. The fourth-order valence-corrected chi connectivity index (χ4v) is 7.49. The van der Waals surface area contributed by atoms with E-state index in [1.165, 1.54) is 22.7 Å². The summed E-state index contributed by atoms with van der Waals surface area (Å²) in [6.45, 7) is 4.88. The van der Waals surface area contributed by atoms with Crippen molar-refractivity contribution in [3.63, 3.8) is 0 Å². The lowest BCUT2D eigenvalue weighted by molar-refractivity contribution is 0.0323. The van der Waals surface area contributed by atoms with Gasteiger partial charge in [-0.25, -0.2) is 19.9 Å². The molecule has 8 aromatic rings. The third-order valence-electron chi connectivity index (χ3n) is 9.38. The number of rotatable bonds is 10. The molecule has 9 rings (SSSR count). The summed E-state index contributed by atoms with van der Waals surface area (Å²) in [7, 11) is 0. The van der Waals surface area contributed by atoms with Gasteiger partial charge in [0.2, 0.25) is 0 Å². The van der Waals surface area contributed by atoms with Crippen LogP contribution in [0.5, 0.6) is 11.5 Å². The fraction of sp³-hybridized carbons (Fsp3) is 0.136. The Bertz CT molecular complexity index is 2670. The van der Waals surface area contributed by atoms with Crippen LogP contribution in [0, 0.1) is 0 Å². The number of hydrogen-bond donors (Lipinski definition) is 3. The largest absolute Gasteiger partial charge is 0.507 e. The Kier molecular flexibility index (Phi) is 12.0. The Morgan fingerprint density at radius 2 is 1.22 bits per heavy atom. The smallest absolute Gasteiger partial charge is 0.275 e. The topological polar surface area (TPSA) is 152 Å². The van der Waals surface area contributed by atoms with Gasteiger partial charge in [-0.1, -0.05) is 60.7 Å². The van der Waals surface area contributed by atoms with Crippen LogP contribution in [0.1, 0.15) is 21.0 Å². The van der Waals surface area contributed by atoms with Crippen molar-refractivity contribution >= 4 is 67.7 Å². The molecule has 1 fully saturated rings. The lowest BCUT2D eigenvalue weighted by atomic mass is 10.1. The van der Waals surface area contributed by atoms with E-state index in [0.29, 0.717) is 46.1 Å². The average molecular weight is 808 g/mol. The number of aromatic nitrogens is 4. The van der Waals surface area contributed by atoms with E-state index in [4.69, 9.17) is 14.5 Å². The molecule has 0 aliphatic carbocycles. The van der Waals surface area contributed by atoms with Gasteiger partial charge in [0.05, 0.1) is 58.0 Å². The normalized spacial score (nSPS) is 12.8. The van der Waals surface area contributed by atoms with Crippen molar-refractivity contribution in [2.75, 3.05) is 50.1 Å². The summed E-state index contributed by atoms with van der Waals surface area (Å²) in [6, 6.07) is 34.1. The molecule has 1 aliphatic rings. The van der Waals surface area contributed by atoms with Gasteiger partial charge in [-0.15, -0.1) is 22.7 Å². The van der Waals surface area contributed by atoms with Crippen molar-refractivity contribution in [1.29, 1.82) is 0 Å². The third kappa shape index (κ3) is 9.01. The van der Waals surface area contributed by atoms with Crippen LogP contribution >= 0.6 is 22.7 Å². The molecule has 0 atom stereocenters. The lowest BCUT2D eigenvalue weighted by Gasteiger charge is -2.26. The Morgan fingerprint density at radius 3 is 1.79 bits per heavy atom. The molecule has 58 heavy (non-hydrogen) atoms. The summed E-state index contributed by atoms with van der Waals surface area (Å²) in [6.07, 6.45) is 0. The number of morpholine rings is 1. The molecule has 5 heterocycles. The first-order valence-corrected chi connectivity index (χ1v) is 20.4.